The number of piperidine rings is 1. The van der Waals surface area contributed by atoms with E-state index in [1.807, 2.05) is 6.20 Å². The number of nitrogens with one attached hydrogen (secondary N) is 2. The minimum atomic E-state index is 0. The second kappa shape index (κ2) is 12.0. The predicted molar refractivity (Wildman–Crippen MR) is 128 cm³/mol. The third-order valence-electron chi connectivity index (χ3n) is 5.96. The molecule has 1 amide bonds. The lowest BCUT2D eigenvalue weighted by Gasteiger charge is -2.27. The molecule has 0 unspecified atom stereocenters. The highest BCUT2D eigenvalue weighted by Crippen LogP contribution is 2.29. The topological polar surface area (TPSA) is 57.3 Å². The molecule has 0 bridgehead atoms. The molecule has 2 N–H and O–H groups in total. The lowest BCUT2D eigenvalue weighted by molar-refractivity contribution is 0.0943. The van der Waals surface area contributed by atoms with Crippen molar-refractivity contribution in [3.8, 4) is 0 Å². The van der Waals surface area contributed by atoms with Crippen molar-refractivity contribution in [2.24, 2.45) is 5.92 Å². The maximum absolute atomic E-state index is 12.7. The van der Waals surface area contributed by atoms with E-state index in [9.17, 15) is 4.79 Å². The summed E-state index contributed by atoms with van der Waals surface area (Å²) >= 11 is 1.73. The summed E-state index contributed by atoms with van der Waals surface area (Å²) in [7, 11) is 0. The van der Waals surface area contributed by atoms with Gasteiger partial charge < -0.3 is 10.6 Å². The van der Waals surface area contributed by atoms with Crippen molar-refractivity contribution in [2.75, 3.05) is 26.2 Å². The van der Waals surface area contributed by atoms with Gasteiger partial charge in [0.1, 0.15) is 0 Å². The molecule has 0 aliphatic carbocycles. The maximum atomic E-state index is 12.7. The van der Waals surface area contributed by atoms with Gasteiger partial charge in [-0.15, -0.1) is 36.2 Å². The zero-order valence-electron chi connectivity index (χ0n) is 17.5. The fourth-order valence-electron chi connectivity index (χ4n) is 4.11. The first-order chi connectivity index (χ1) is 13.7. The molecule has 1 fully saturated rings. The van der Waals surface area contributed by atoms with Gasteiger partial charge in [-0.05, 0) is 61.9 Å². The summed E-state index contributed by atoms with van der Waals surface area (Å²) in [4.78, 5) is 21.1. The van der Waals surface area contributed by atoms with E-state index in [4.69, 9.17) is 0 Å². The highest BCUT2D eigenvalue weighted by Gasteiger charge is 2.24. The van der Waals surface area contributed by atoms with E-state index in [1.165, 1.54) is 16.0 Å². The Morgan fingerprint density at radius 1 is 1.30 bits per heavy atom. The molecule has 8 heteroatoms. The first kappa shape index (κ1) is 25.1. The minimum absolute atomic E-state index is 0. The van der Waals surface area contributed by atoms with Crippen molar-refractivity contribution in [1.82, 2.24) is 20.5 Å². The second-order valence-corrected chi connectivity index (χ2v) is 8.89. The lowest BCUT2D eigenvalue weighted by Crippen LogP contribution is -2.36. The van der Waals surface area contributed by atoms with E-state index in [-0.39, 0.29) is 30.7 Å². The summed E-state index contributed by atoms with van der Waals surface area (Å²) < 4.78 is 0. The number of hydrogen-bond acceptors (Lipinski definition) is 5. The van der Waals surface area contributed by atoms with Crippen LogP contribution in [-0.2, 0) is 25.9 Å². The number of carbonyl (C=O) groups is 1. The van der Waals surface area contributed by atoms with E-state index in [2.05, 4.69) is 45.0 Å². The van der Waals surface area contributed by atoms with Crippen LogP contribution in [0.3, 0.4) is 0 Å². The van der Waals surface area contributed by atoms with Crippen molar-refractivity contribution < 1.29 is 4.79 Å². The van der Waals surface area contributed by atoms with Crippen LogP contribution in [0.15, 0.2) is 23.7 Å². The van der Waals surface area contributed by atoms with Gasteiger partial charge in [0.25, 0.3) is 5.91 Å². The van der Waals surface area contributed by atoms with E-state index >= 15 is 0 Å². The van der Waals surface area contributed by atoms with Crippen LogP contribution in [0.4, 0.5) is 0 Å². The molecule has 0 saturated carbocycles. The Kier molecular flexibility index (Phi) is 10.0. The normalized spacial score (nSPS) is 16.8. The van der Waals surface area contributed by atoms with Crippen LogP contribution in [0.2, 0.25) is 0 Å². The number of rotatable bonds is 6. The molecule has 0 spiro atoms. The second-order valence-electron chi connectivity index (χ2n) is 7.93. The summed E-state index contributed by atoms with van der Waals surface area (Å²) in [6.07, 6.45) is 6.27. The van der Waals surface area contributed by atoms with Crippen LogP contribution in [-0.4, -0.2) is 42.0 Å². The smallest absolute Gasteiger partial charge is 0.252 e. The first-order valence-electron chi connectivity index (χ1n) is 10.5. The number of nitrogens with zero attached hydrogens (tertiary/aromatic N) is 2. The van der Waals surface area contributed by atoms with E-state index in [1.54, 1.807) is 11.3 Å². The van der Waals surface area contributed by atoms with Crippen molar-refractivity contribution in [3.63, 3.8) is 0 Å². The number of hydrogen-bond donors (Lipinski definition) is 2. The number of aromatic nitrogens is 1. The summed E-state index contributed by atoms with van der Waals surface area (Å²) in [6.45, 7) is 7.86. The summed E-state index contributed by atoms with van der Waals surface area (Å²) in [5.41, 5.74) is 4.57. The lowest BCUT2D eigenvalue weighted by atomic mass is 9.98. The number of pyridine rings is 1. The molecule has 2 aromatic rings. The van der Waals surface area contributed by atoms with Crippen molar-refractivity contribution >= 4 is 42.1 Å². The summed E-state index contributed by atoms with van der Waals surface area (Å²) in [6, 6.07) is 4.32. The molecule has 166 valence electrons. The van der Waals surface area contributed by atoms with Gasteiger partial charge in [0.2, 0.25) is 0 Å². The van der Waals surface area contributed by atoms with E-state index in [0.29, 0.717) is 5.92 Å². The standard InChI is InChI=1S/C22H30N4OS.2ClH/c1-2-16-3-4-18(24-11-16)13-26-10-7-19-20(15-28-21(19)14-26)22(27)25-12-17-5-8-23-9-6-17;;/h3-4,11,15,17,23H,2,5-10,12-14H2,1H3,(H,25,27);2*1H. The quantitative estimate of drug-likeness (QED) is 0.673. The third kappa shape index (κ3) is 6.17. The molecule has 2 aliphatic heterocycles. The third-order valence-corrected chi connectivity index (χ3v) is 6.97. The molecular weight excluding hydrogens is 439 g/mol. The molecule has 0 radical (unpaired) electrons. The molecule has 30 heavy (non-hydrogen) atoms. The Bertz CT molecular complexity index is 806. The Hall–Kier alpha value is -1.18. The Labute approximate surface area is 195 Å². The number of carbonyl (C=O) groups excluding carboxylic acids is 1. The number of aryl methyl sites for hydroxylation is 1. The van der Waals surface area contributed by atoms with Gasteiger partial charge in [-0.25, -0.2) is 0 Å². The number of fused-ring (bicyclic) bond motifs is 1. The van der Waals surface area contributed by atoms with Crippen LogP contribution in [0.1, 0.15) is 51.8 Å². The molecular formula is C22H32Cl2N4OS. The summed E-state index contributed by atoms with van der Waals surface area (Å²) in [5.74, 6) is 0.725. The minimum Gasteiger partial charge on any atom is -0.352 e. The predicted octanol–water partition coefficient (Wildman–Crippen LogP) is 3.84. The van der Waals surface area contributed by atoms with Gasteiger partial charge in [0, 0.05) is 42.6 Å². The SMILES string of the molecule is CCc1ccc(CN2CCc3c(C(=O)NCC4CCNCC4)csc3C2)nc1.Cl.Cl. The molecule has 4 heterocycles. The molecule has 0 aromatic carbocycles. The van der Waals surface area contributed by atoms with Crippen LogP contribution >= 0.6 is 36.2 Å². The first-order valence-corrected chi connectivity index (χ1v) is 11.3. The number of amides is 1. The zero-order valence-corrected chi connectivity index (χ0v) is 19.9. The van der Waals surface area contributed by atoms with Gasteiger partial charge >= 0.3 is 0 Å². The monoisotopic (exact) mass is 470 g/mol. The number of thiophene rings is 1. The van der Waals surface area contributed by atoms with Crippen molar-refractivity contribution in [3.05, 3.63) is 51.0 Å². The van der Waals surface area contributed by atoms with E-state index in [0.717, 1.165) is 76.2 Å². The Balaban J connectivity index is 0.00000160. The van der Waals surface area contributed by atoms with Gasteiger partial charge in [0.15, 0.2) is 0 Å². The largest absolute Gasteiger partial charge is 0.352 e. The average molecular weight is 471 g/mol. The molecule has 4 rings (SSSR count). The molecule has 5 nitrogen and oxygen atoms in total. The van der Waals surface area contributed by atoms with E-state index < -0.39 is 0 Å². The highest BCUT2D eigenvalue weighted by molar-refractivity contribution is 7.10. The fraction of sp³-hybridized carbons (Fsp3) is 0.545. The van der Waals surface area contributed by atoms with Gasteiger partial charge in [-0.2, -0.15) is 0 Å². The van der Waals surface area contributed by atoms with Crippen LogP contribution in [0, 0.1) is 5.92 Å². The van der Waals surface area contributed by atoms with Crippen LogP contribution < -0.4 is 10.6 Å². The Morgan fingerprint density at radius 3 is 2.80 bits per heavy atom. The van der Waals surface area contributed by atoms with Crippen molar-refractivity contribution in [2.45, 2.75) is 45.7 Å². The Morgan fingerprint density at radius 2 is 2.10 bits per heavy atom. The molecule has 2 aromatic heterocycles. The van der Waals surface area contributed by atoms with Crippen LogP contribution in [0.5, 0.6) is 0 Å². The highest BCUT2D eigenvalue weighted by atomic mass is 35.5. The maximum Gasteiger partial charge on any atom is 0.252 e. The molecule has 1 saturated heterocycles. The zero-order chi connectivity index (χ0) is 19.3. The number of halogens is 2. The molecule has 0 atom stereocenters. The fourth-order valence-corrected chi connectivity index (χ4v) is 5.23. The van der Waals surface area contributed by atoms with Gasteiger partial charge in [-0.1, -0.05) is 13.0 Å². The van der Waals surface area contributed by atoms with Gasteiger partial charge in [-0.3, -0.25) is 14.7 Å². The molecule has 2 aliphatic rings. The summed E-state index contributed by atoms with van der Waals surface area (Å²) in [5, 5.41) is 8.62. The van der Waals surface area contributed by atoms with Gasteiger partial charge in [0.05, 0.1) is 11.3 Å². The van der Waals surface area contributed by atoms with Crippen LogP contribution in [0.25, 0.3) is 0 Å². The average Bonchev–Trinajstić information content (AvgIpc) is 3.17. The van der Waals surface area contributed by atoms with Crippen molar-refractivity contribution in [1.29, 1.82) is 0 Å².